The molecular weight excluding hydrogens is 327 g/mol. The van der Waals surface area contributed by atoms with E-state index in [1.54, 1.807) is 12.1 Å². The Morgan fingerprint density at radius 3 is 2.85 bits per heavy atom. The first-order valence-corrected chi connectivity index (χ1v) is 7.43. The smallest absolute Gasteiger partial charge is 0.255 e. The molecule has 1 aliphatic rings. The van der Waals surface area contributed by atoms with Crippen LogP contribution >= 0.6 is 15.9 Å². The summed E-state index contributed by atoms with van der Waals surface area (Å²) in [6.07, 6.45) is 0. The number of hydrogen-bond donors (Lipinski definition) is 1. The molecule has 0 aromatic heterocycles. The molecule has 110 valence electrons. The van der Waals surface area contributed by atoms with Gasteiger partial charge in [0, 0.05) is 30.1 Å². The molecule has 0 bridgehead atoms. The van der Waals surface area contributed by atoms with Gasteiger partial charge in [-0.05, 0) is 35.0 Å². The molecule has 1 atom stereocenters. The van der Waals surface area contributed by atoms with E-state index in [2.05, 4.69) is 26.1 Å². The minimum atomic E-state index is -0.518. The lowest BCUT2D eigenvalue weighted by Gasteiger charge is -2.32. The molecule has 1 amide bonds. The lowest BCUT2D eigenvalue weighted by Crippen LogP contribution is -2.47. The number of carbonyl (C=O) groups is 1. The summed E-state index contributed by atoms with van der Waals surface area (Å²) < 4.78 is 19.4. The van der Waals surface area contributed by atoms with E-state index in [4.69, 9.17) is 4.74 Å². The molecular formula is C14H18BrFN2O2. The van der Waals surface area contributed by atoms with Crippen LogP contribution in [0.1, 0.15) is 17.3 Å². The number of ether oxygens (including phenoxy) is 1. The quantitative estimate of drug-likeness (QED) is 0.908. The van der Waals surface area contributed by atoms with Gasteiger partial charge < -0.3 is 10.1 Å². The summed E-state index contributed by atoms with van der Waals surface area (Å²) in [5.41, 5.74) is 0.0571. The maximum atomic E-state index is 13.7. The highest BCUT2D eigenvalue weighted by atomic mass is 79.9. The summed E-state index contributed by atoms with van der Waals surface area (Å²) in [6.45, 7) is 5.69. The minimum absolute atomic E-state index is 0.0571. The highest BCUT2D eigenvalue weighted by Crippen LogP contribution is 2.19. The van der Waals surface area contributed by atoms with Gasteiger partial charge in [-0.2, -0.15) is 0 Å². The Morgan fingerprint density at radius 2 is 2.20 bits per heavy atom. The third-order valence-corrected chi connectivity index (χ3v) is 4.08. The number of carbonyl (C=O) groups excluding carboxylic acids is 1. The number of rotatable bonds is 4. The first-order chi connectivity index (χ1) is 9.59. The number of amides is 1. The van der Waals surface area contributed by atoms with Crippen LogP contribution in [0.5, 0.6) is 0 Å². The van der Waals surface area contributed by atoms with E-state index in [1.807, 2.05) is 6.92 Å². The predicted octanol–water partition coefficient (Wildman–Crippen LogP) is 2.04. The molecule has 6 heteroatoms. The molecule has 0 saturated carbocycles. The zero-order valence-corrected chi connectivity index (χ0v) is 13.0. The van der Waals surface area contributed by atoms with Crippen molar-refractivity contribution in [2.45, 2.75) is 13.0 Å². The molecule has 0 radical (unpaired) electrons. The van der Waals surface area contributed by atoms with Gasteiger partial charge in [0.15, 0.2) is 0 Å². The normalized spacial score (nSPS) is 17.8. The first kappa shape index (κ1) is 15.4. The molecule has 0 aliphatic carbocycles. The van der Waals surface area contributed by atoms with Gasteiger partial charge in [-0.1, -0.05) is 6.07 Å². The van der Waals surface area contributed by atoms with E-state index >= 15 is 0 Å². The third-order valence-electron chi connectivity index (χ3n) is 3.42. The average Bonchev–Trinajstić information content (AvgIpc) is 2.45. The molecule has 1 saturated heterocycles. The largest absolute Gasteiger partial charge is 0.379 e. The highest BCUT2D eigenvalue weighted by Gasteiger charge is 2.19. The van der Waals surface area contributed by atoms with E-state index in [9.17, 15) is 9.18 Å². The molecule has 1 heterocycles. The zero-order valence-electron chi connectivity index (χ0n) is 11.4. The van der Waals surface area contributed by atoms with Crippen molar-refractivity contribution in [1.29, 1.82) is 0 Å². The summed E-state index contributed by atoms with van der Waals surface area (Å²) in [5.74, 6) is -0.911. The molecule has 1 aromatic rings. The maximum absolute atomic E-state index is 13.7. The van der Waals surface area contributed by atoms with Gasteiger partial charge in [0.2, 0.25) is 0 Å². The lowest BCUT2D eigenvalue weighted by atomic mass is 10.2. The highest BCUT2D eigenvalue weighted by molar-refractivity contribution is 9.10. The fraction of sp³-hybridized carbons (Fsp3) is 0.500. The Balaban J connectivity index is 1.91. The number of nitrogens with one attached hydrogen (secondary N) is 1. The Hall–Kier alpha value is -0.980. The van der Waals surface area contributed by atoms with Crippen molar-refractivity contribution in [3.05, 3.63) is 34.1 Å². The molecule has 1 aromatic carbocycles. The summed E-state index contributed by atoms with van der Waals surface area (Å²) in [5, 5.41) is 2.79. The lowest BCUT2D eigenvalue weighted by molar-refractivity contribution is 0.0204. The number of morpholine rings is 1. The second kappa shape index (κ2) is 7.15. The van der Waals surface area contributed by atoms with Gasteiger partial charge in [-0.25, -0.2) is 4.39 Å². The predicted molar refractivity (Wildman–Crippen MR) is 78.3 cm³/mol. The molecule has 4 nitrogen and oxygen atoms in total. The van der Waals surface area contributed by atoms with Crippen LogP contribution in [-0.4, -0.2) is 49.7 Å². The van der Waals surface area contributed by atoms with Crippen molar-refractivity contribution < 1.29 is 13.9 Å². The van der Waals surface area contributed by atoms with E-state index in [1.165, 1.54) is 6.07 Å². The van der Waals surface area contributed by atoms with Crippen LogP contribution in [0.25, 0.3) is 0 Å². The molecule has 0 spiro atoms. The minimum Gasteiger partial charge on any atom is -0.379 e. The average molecular weight is 345 g/mol. The Kier molecular flexibility index (Phi) is 5.51. The second-order valence-electron chi connectivity index (χ2n) is 4.80. The fourth-order valence-electron chi connectivity index (χ4n) is 2.19. The molecule has 1 aliphatic heterocycles. The van der Waals surface area contributed by atoms with Gasteiger partial charge in [0.25, 0.3) is 5.91 Å². The monoisotopic (exact) mass is 344 g/mol. The second-order valence-corrected chi connectivity index (χ2v) is 5.66. The summed E-state index contributed by atoms with van der Waals surface area (Å²) in [7, 11) is 0. The van der Waals surface area contributed by atoms with Crippen molar-refractivity contribution in [3.8, 4) is 0 Å². The Labute approximate surface area is 126 Å². The van der Waals surface area contributed by atoms with Crippen molar-refractivity contribution >= 4 is 21.8 Å². The number of hydrogen-bond acceptors (Lipinski definition) is 3. The van der Waals surface area contributed by atoms with Crippen LogP contribution in [0.3, 0.4) is 0 Å². The molecule has 1 unspecified atom stereocenters. The van der Waals surface area contributed by atoms with Crippen LogP contribution in [0.2, 0.25) is 0 Å². The van der Waals surface area contributed by atoms with Crippen LogP contribution in [-0.2, 0) is 4.74 Å². The van der Waals surface area contributed by atoms with Crippen molar-refractivity contribution in [3.63, 3.8) is 0 Å². The molecule has 1 N–H and O–H groups in total. The zero-order chi connectivity index (χ0) is 14.5. The van der Waals surface area contributed by atoms with Gasteiger partial charge in [0.05, 0.1) is 18.8 Å². The van der Waals surface area contributed by atoms with Gasteiger partial charge in [-0.3, -0.25) is 9.69 Å². The van der Waals surface area contributed by atoms with Gasteiger partial charge >= 0.3 is 0 Å². The van der Waals surface area contributed by atoms with E-state index < -0.39 is 11.7 Å². The van der Waals surface area contributed by atoms with Gasteiger partial charge in [-0.15, -0.1) is 0 Å². The van der Waals surface area contributed by atoms with E-state index in [0.29, 0.717) is 11.0 Å². The third kappa shape index (κ3) is 3.77. The molecule has 2 rings (SSSR count). The summed E-state index contributed by atoms with van der Waals surface area (Å²) in [6, 6.07) is 4.70. The summed E-state index contributed by atoms with van der Waals surface area (Å²) in [4.78, 5) is 14.3. The van der Waals surface area contributed by atoms with Crippen LogP contribution in [0, 0.1) is 5.82 Å². The number of halogens is 2. The molecule has 1 fully saturated rings. The van der Waals surface area contributed by atoms with Crippen LogP contribution in [0.4, 0.5) is 4.39 Å². The fourth-order valence-corrected chi connectivity index (χ4v) is 2.71. The maximum Gasteiger partial charge on any atom is 0.255 e. The van der Waals surface area contributed by atoms with Gasteiger partial charge in [0.1, 0.15) is 5.82 Å². The Bertz CT molecular complexity index is 458. The number of nitrogens with zero attached hydrogens (tertiary/aromatic N) is 1. The van der Waals surface area contributed by atoms with E-state index in [0.717, 1.165) is 26.3 Å². The SMILES string of the molecule is CC(CNC(=O)c1c(F)cccc1Br)N1CCOCC1. The summed E-state index contributed by atoms with van der Waals surface area (Å²) >= 11 is 3.20. The van der Waals surface area contributed by atoms with Crippen molar-refractivity contribution in [1.82, 2.24) is 10.2 Å². The van der Waals surface area contributed by atoms with Crippen LogP contribution < -0.4 is 5.32 Å². The van der Waals surface area contributed by atoms with E-state index in [-0.39, 0.29) is 11.6 Å². The van der Waals surface area contributed by atoms with Crippen LogP contribution in [0.15, 0.2) is 22.7 Å². The Morgan fingerprint density at radius 1 is 1.50 bits per heavy atom. The first-order valence-electron chi connectivity index (χ1n) is 6.63. The molecule has 20 heavy (non-hydrogen) atoms. The standard InChI is InChI=1S/C14H18BrFN2O2/c1-10(18-5-7-20-8-6-18)9-17-14(19)13-11(15)3-2-4-12(13)16/h2-4,10H,5-9H2,1H3,(H,17,19). The number of benzene rings is 1. The topological polar surface area (TPSA) is 41.6 Å². The van der Waals surface area contributed by atoms with Crippen molar-refractivity contribution in [2.75, 3.05) is 32.8 Å². The van der Waals surface area contributed by atoms with Crippen molar-refractivity contribution in [2.24, 2.45) is 0 Å².